The number of rotatable bonds is 7. The van der Waals surface area contributed by atoms with E-state index in [0.29, 0.717) is 6.04 Å². The second-order valence-corrected chi connectivity index (χ2v) is 6.08. The quantitative estimate of drug-likeness (QED) is 0.687. The predicted molar refractivity (Wildman–Crippen MR) is 76.4 cm³/mol. The van der Waals surface area contributed by atoms with E-state index in [-0.39, 0.29) is 0 Å². The third-order valence-electron chi connectivity index (χ3n) is 3.99. The molecule has 2 heteroatoms. The van der Waals surface area contributed by atoms with Gasteiger partial charge >= 0.3 is 0 Å². The molecule has 2 nitrogen and oxygen atoms in total. The highest BCUT2D eigenvalue weighted by molar-refractivity contribution is 4.80. The van der Waals surface area contributed by atoms with Crippen LogP contribution in [0.3, 0.4) is 0 Å². The van der Waals surface area contributed by atoms with Gasteiger partial charge in [0.25, 0.3) is 0 Å². The fourth-order valence-corrected chi connectivity index (χ4v) is 2.77. The van der Waals surface area contributed by atoms with Gasteiger partial charge in [0.2, 0.25) is 0 Å². The van der Waals surface area contributed by atoms with Crippen molar-refractivity contribution in [3.05, 3.63) is 0 Å². The maximum Gasteiger partial charge on any atom is 0.0197 e. The summed E-state index contributed by atoms with van der Waals surface area (Å²) in [6.07, 6.45) is 6.77. The number of hydrogen-bond acceptors (Lipinski definition) is 2. The van der Waals surface area contributed by atoms with Gasteiger partial charge in [-0.05, 0) is 52.1 Å². The van der Waals surface area contributed by atoms with E-state index >= 15 is 0 Å². The summed E-state index contributed by atoms with van der Waals surface area (Å²) in [5.41, 5.74) is 0. The second-order valence-electron chi connectivity index (χ2n) is 6.08. The van der Waals surface area contributed by atoms with Crippen LogP contribution in [0, 0.1) is 5.92 Å². The summed E-state index contributed by atoms with van der Waals surface area (Å²) >= 11 is 0. The first-order chi connectivity index (χ1) is 8.13. The molecular formula is C15H32N2. The van der Waals surface area contributed by atoms with Crippen LogP contribution in [-0.2, 0) is 0 Å². The van der Waals surface area contributed by atoms with E-state index in [1.165, 1.54) is 51.7 Å². The zero-order valence-corrected chi connectivity index (χ0v) is 12.3. The molecule has 0 aromatic rings. The zero-order valence-electron chi connectivity index (χ0n) is 12.3. The van der Waals surface area contributed by atoms with Crippen molar-refractivity contribution in [2.75, 3.05) is 19.6 Å². The third-order valence-corrected chi connectivity index (χ3v) is 3.99. The van der Waals surface area contributed by atoms with Crippen molar-refractivity contribution in [3.63, 3.8) is 0 Å². The molecule has 1 fully saturated rings. The molecule has 2 atom stereocenters. The van der Waals surface area contributed by atoms with Gasteiger partial charge in [-0.3, -0.25) is 4.90 Å². The van der Waals surface area contributed by atoms with E-state index in [2.05, 4.69) is 37.9 Å². The van der Waals surface area contributed by atoms with Gasteiger partial charge in [-0.25, -0.2) is 0 Å². The Labute approximate surface area is 108 Å². The maximum absolute atomic E-state index is 3.68. The summed E-state index contributed by atoms with van der Waals surface area (Å²) in [5.74, 6) is 0.908. The van der Waals surface area contributed by atoms with Crippen LogP contribution < -0.4 is 5.32 Å². The van der Waals surface area contributed by atoms with Crippen molar-refractivity contribution >= 4 is 0 Å². The number of hydrogen-bond donors (Lipinski definition) is 1. The molecule has 0 saturated carbocycles. The average molecular weight is 240 g/mol. The molecule has 1 N–H and O–H groups in total. The topological polar surface area (TPSA) is 15.3 Å². The molecule has 1 heterocycles. The van der Waals surface area contributed by atoms with Gasteiger partial charge in [0.05, 0.1) is 0 Å². The first-order valence-corrected chi connectivity index (χ1v) is 7.61. The van der Waals surface area contributed by atoms with Gasteiger partial charge in [-0.15, -0.1) is 0 Å². The largest absolute Gasteiger partial charge is 0.313 e. The number of piperidine rings is 1. The second kappa shape index (κ2) is 8.10. The van der Waals surface area contributed by atoms with Gasteiger partial charge in [-0.1, -0.05) is 26.7 Å². The Kier molecular flexibility index (Phi) is 7.14. The normalized spacial score (nSPS) is 25.8. The van der Waals surface area contributed by atoms with Crippen LogP contribution in [-0.4, -0.2) is 36.6 Å². The van der Waals surface area contributed by atoms with Gasteiger partial charge in [0.1, 0.15) is 0 Å². The van der Waals surface area contributed by atoms with Crippen molar-refractivity contribution < 1.29 is 0 Å². The van der Waals surface area contributed by atoms with Crippen molar-refractivity contribution in [3.8, 4) is 0 Å². The number of unbranched alkanes of at least 4 members (excludes halogenated alkanes) is 2. The molecule has 0 spiro atoms. The zero-order chi connectivity index (χ0) is 12.7. The first-order valence-electron chi connectivity index (χ1n) is 7.61. The van der Waals surface area contributed by atoms with Gasteiger partial charge < -0.3 is 5.32 Å². The Hall–Kier alpha value is -0.0800. The molecule has 102 valence electrons. The standard InChI is InChI=1S/C15H32N2/c1-5-6-7-10-17(13(2)3)12-15-11-14(4)8-9-16-15/h13-16H,5-12H2,1-4H3. The van der Waals surface area contributed by atoms with Gasteiger partial charge in [-0.2, -0.15) is 0 Å². The smallest absolute Gasteiger partial charge is 0.0197 e. The highest BCUT2D eigenvalue weighted by atomic mass is 15.2. The molecule has 1 rings (SSSR count). The van der Waals surface area contributed by atoms with E-state index in [0.717, 1.165) is 12.0 Å². The lowest BCUT2D eigenvalue weighted by molar-refractivity contribution is 0.170. The Morgan fingerprint density at radius 2 is 2.06 bits per heavy atom. The molecular weight excluding hydrogens is 208 g/mol. The highest BCUT2D eigenvalue weighted by Gasteiger charge is 2.21. The third kappa shape index (κ3) is 5.87. The Morgan fingerprint density at radius 1 is 1.29 bits per heavy atom. The molecule has 0 aliphatic carbocycles. The van der Waals surface area contributed by atoms with Crippen LogP contribution in [0.15, 0.2) is 0 Å². The van der Waals surface area contributed by atoms with Gasteiger partial charge in [0, 0.05) is 18.6 Å². The Balaban J connectivity index is 2.31. The van der Waals surface area contributed by atoms with Gasteiger partial charge in [0.15, 0.2) is 0 Å². The number of nitrogens with one attached hydrogen (secondary N) is 1. The molecule has 1 aliphatic heterocycles. The van der Waals surface area contributed by atoms with E-state index in [9.17, 15) is 0 Å². The summed E-state index contributed by atoms with van der Waals surface area (Å²) in [4.78, 5) is 2.66. The summed E-state index contributed by atoms with van der Waals surface area (Å²) in [7, 11) is 0. The molecule has 0 bridgehead atoms. The summed E-state index contributed by atoms with van der Waals surface area (Å²) in [6, 6.07) is 1.41. The van der Waals surface area contributed by atoms with Crippen LogP contribution in [0.4, 0.5) is 0 Å². The van der Waals surface area contributed by atoms with Crippen LogP contribution >= 0.6 is 0 Å². The molecule has 0 amide bonds. The summed E-state index contributed by atoms with van der Waals surface area (Å²) in [5, 5.41) is 3.68. The fourth-order valence-electron chi connectivity index (χ4n) is 2.77. The highest BCUT2D eigenvalue weighted by Crippen LogP contribution is 2.17. The van der Waals surface area contributed by atoms with Crippen molar-refractivity contribution in [1.82, 2.24) is 10.2 Å². The van der Waals surface area contributed by atoms with Crippen LogP contribution in [0.25, 0.3) is 0 Å². The maximum atomic E-state index is 3.68. The van der Waals surface area contributed by atoms with Crippen LogP contribution in [0.2, 0.25) is 0 Å². The molecule has 0 radical (unpaired) electrons. The minimum Gasteiger partial charge on any atom is -0.313 e. The first kappa shape index (κ1) is 15.0. The average Bonchev–Trinajstić information content (AvgIpc) is 2.28. The van der Waals surface area contributed by atoms with E-state index < -0.39 is 0 Å². The van der Waals surface area contributed by atoms with Crippen molar-refractivity contribution in [1.29, 1.82) is 0 Å². The van der Waals surface area contributed by atoms with Crippen molar-refractivity contribution in [2.45, 2.75) is 71.9 Å². The van der Waals surface area contributed by atoms with E-state index in [1.807, 2.05) is 0 Å². The van der Waals surface area contributed by atoms with E-state index in [1.54, 1.807) is 0 Å². The molecule has 0 aromatic carbocycles. The molecule has 2 unspecified atom stereocenters. The lowest BCUT2D eigenvalue weighted by Gasteiger charge is -2.35. The summed E-state index contributed by atoms with van der Waals surface area (Å²) < 4.78 is 0. The fraction of sp³-hybridized carbons (Fsp3) is 1.00. The van der Waals surface area contributed by atoms with Crippen LogP contribution in [0.5, 0.6) is 0 Å². The predicted octanol–water partition coefficient (Wildman–Crippen LogP) is 3.28. The van der Waals surface area contributed by atoms with Crippen molar-refractivity contribution in [2.24, 2.45) is 5.92 Å². The Bertz CT molecular complexity index is 191. The molecule has 1 aliphatic rings. The molecule has 17 heavy (non-hydrogen) atoms. The van der Waals surface area contributed by atoms with Crippen LogP contribution in [0.1, 0.15) is 59.8 Å². The minimum absolute atomic E-state index is 0.686. The lowest BCUT2D eigenvalue weighted by Crippen LogP contribution is -2.47. The Morgan fingerprint density at radius 3 is 2.65 bits per heavy atom. The molecule has 0 aromatic heterocycles. The summed E-state index contributed by atoms with van der Waals surface area (Å²) in [6.45, 7) is 13.1. The lowest BCUT2D eigenvalue weighted by atomic mass is 9.94. The van der Waals surface area contributed by atoms with E-state index in [4.69, 9.17) is 0 Å². The number of nitrogens with zero attached hydrogens (tertiary/aromatic N) is 1. The SMILES string of the molecule is CCCCCN(CC1CC(C)CCN1)C(C)C. The monoisotopic (exact) mass is 240 g/mol. The molecule has 1 saturated heterocycles. The minimum atomic E-state index is 0.686.